The number of nitrogens with zero attached hydrogens (tertiary/aromatic N) is 2. The van der Waals surface area contributed by atoms with Gasteiger partial charge in [-0.3, -0.25) is 4.99 Å². The van der Waals surface area contributed by atoms with Gasteiger partial charge >= 0.3 is 0 Å². The van der Waals surface area contributed by atoms with Gasteiger partial charge in [-0.25, -0.2) is 0 Å². The highest BCUT2D eigenvalue weighted by molar-refractivity contribution is 14.0. The van der Waals surface area contributed by atoms with E-state index in [0.29, 0.717) is 5.41 Å². The summed E-state index contributed by atoms with van der Waals surface area (Å²) in [7, 11) is 1.87. The van der Waals surface area contributed by atoms with Crippen molar-refractivity contribution in [2.24, 2.45) is 10.4 Å². The van der Waals surface area contributed by atoms with Gasteiger partial charge in [-0.1, -0.05) is 0 Å². The summed E-state index contributed by atoms with van der Waals surface area (Å²) in [6.45, 7) is 5.08. The van der Waals surface area contributed by atoms with Crippen molar-refractivity contribution >= 4 is 41.7 Å². The maximum absolute atomic E-state index is 5.55. The van der Waals surface area contributed by atoms with Gasteiger partial charge in [-0.05, 0) is 19.1 Å². The van der Waals surface area contributed by atoms with E-state index in [4.69, 9.17) is 4.74 Å². The van der Waals surface area contributed by atoms with Gasteiger partial charge in [0.05, 0.1) is 6.61 Å². The highest BCUT2D eigenvalue weighted by atomic mass is 127. The molecule has 0 bridgehead atoms. The SMILES string of the molecule is CN=C(NCCSC)N1CCC2(CCOC2)C1.I. The molecule has 18 heavy (non-hydrogen) atoms. The third-order valence-corrected chi connectivity index (χ3v) is 4.34. The summed E-state index contributed by atoms with van der Waals surface area (Å²) in [6.07, 6.45) is 4.59. The zero-order valence-corrected chi connectivity index (χ0v) is 14.4. The van der Waals surface area contributed by atoms with E-state index in [1.54, 1.807) is 0 Å². The highest BCUT2D eigenvalue weighted by Crippen LogP contribution is 2.37. The number of aliphatic imine (C=N–C) groups is 1. The zero-order chi connectivity index (χ0) is 12.1. The van der Waals surface area contributed by atoms with Gasteiger partial charge in [0.15, 0.2) is 5.96 Å². The fraction of sp³-hybridized carbons (Fsp3) is 0.917. The van der Waals surface area contributed by atoms with Crippen molar-refractivity contribution in [1.82, 2.24) is 10.2 Å². The standard InChI is InChI=1S/C12H23N3OS.HI/c1-13-11(14-5-8-17-2)15-6-3-12(9-15)4-7-16-10-12;/h3-10H2,1-2H3,(H,13,14);1H. The molecule has 1 spiro atoms. The number of rotatable bonds is 3. The molecule has 106 valence electrons. The first-order chi connectivity index (χ1) is 8.29. The van der Waals surface area contributed by atoms with E-state index < -0.39 is 0 Å². The minimum Gasteiger partial charge on any atom is -0.381 e. The van der Waals surface area contributed by atoms with Gasteiger partial charge in [0, 0.05) is 44.5 Å². The summed E-state index contributed by atoms with van der Waals surface area (Å²) < 4.78 is 5.55. The molecular weight excluding hydrogens is 361 g/mol. The van der Waals surface area contributed by atoms with Crippen molar-refractivity contribution in [2.45, 2.75) is 12.8 Å². The number of nitrogens with one attached hydrogen (secondary N) is 1. The quantitative estimate of drug-likeness (QED) is 0.347. The Morgan fingerprint density at radius 1 is 1.50 bits per heavy atom. The number of hydrogen-bond acceptors (Lipinski definition) is 3. The van der Waals surface area contributed by atoms with Gasteiger partial charge in [-0.15, -0.1) is 24.0 Å². The lowest BCUT2D eigenvalue weighted by molar-refractivity contribution is 0.156. The molecule has 2 rings (SSSR count). The topological polar surface area (TPSA) is 36.9 Å². The Morgan fingerprint density at radius 2 is 2.33 bits per heavy atom. The first-order valence-corrected chi connectivity index (χ1v) is 7.71. The highest BCUT2D eigenvalue weighted by Gasteiger charge is 2.42. The molecule has 2 aliphatic rings. The Balaban J connectivity index is 0.00000162. The van der Waals surface area contributed by atoms with E-state index in [0.717, 1.165) is 44.6 Å². The maximum Gasteiger partial charge on any atom is 0.193 e. The van der Waals surface area contributed by atoms with E-state index in [1.807, 2.05) is 18.8 Å². The van der Waals surface area contributed by atoms with Crippen LogP contribution in [0.15, 0.2) is 4.99 Å². The Labute approximate surface area is 131 Å². The van der Waals surface area contributed by atoms with Gasteiger partial charge in [0.1, 0.15) is 0 Å². The minimum absolute atomic E-state index is 0. The molecule has 1 atom stereocenters. The molecule has 6 heteroatoms. The molecular formula is C12H24IN3OS. The average Bonchev–Trinajstić information content (AvgIpc) is 2.96. The largest absolute Gasteiger partial charge is 0.381 e. The van der Waals surface area contributed by atoms with Gasteiger partial charge in [-0.2, -0.15) is 11.8 Å². The van der Waals surface area contributed by atoms with Crippen LogP contribution in [-0.2, 0) is 4.74 Å². The molecule has 0 aliphatic carbocycles. The number of halogens is 1. The summed E-state index contributed by atoms with van der Waals surface area (Å²) >= 11 is 1.86. The monoisotopic (exact) mass is 385 g/mol. The van der Waals surface area contributed by atoms with Crippen LogP contribution >= 0.6 is 35.7 Å². The summed E-state index contributed by atoms with van der Waals surface area (Å²) in [5.41, 5.74) is 0.414. The van der Waals surface area contributed by atoms with Crippen LogP contribution < -0.4 is 5.32 Å². The maximum atomic E-state index is 5.55. The summed E-state index contributed by atoms with van der Waals surface area (Å²) in [5.74, 6) is 2.18. The van der Waals surface area contributed by atoms with Crippen molar-refractivity contribution in [3.05, 3.63) is 0 Å². The lowest BCUT2D eigenvalue weighted by Crippen LogP contribution is -2.42. The zero-order valence-electron chi connectivity index (χ0n) is 11.3. The molecule has 0 aromatic heterocycles. The van der Waals surface area contributed by atoms with Gasteiger partial charge in [0.25, 0.3) is 0 Å². The Morgan fingerprint density at radius 3 is 2.94 bits per heavy atom. The first-order valence-electron chi connectivity index (χ1n) is 6.32. The van der Waals surface area contributed by atoms with Crippen LogP contribution in [0.1, 0.15) is 12.8 Å². The number of hydrogen-bond donors (Lipinski definition) is 1. The van der Waals surface area contributed by atoms with E-state index >= 15 is 0 Å². The second kappa shape index (κ2) is 7.79. The van der Waals surface area contributed by atoms with Crippen molar-refractivity contribution in [3.8, 4) is 0 Å². The fourth-order valence-electron chi connectivity index (χ4n) is 2.68. The van der Waals surface area contributed by atoms with Crippen molar-refractivity contribution < 1.29 is 4.74 Å². The summed E-state index contributed by atoms with van der Waals surface area (Å²) in [5, 5.41) is 3.43. The lowest BCUT2D eigenvalue weighted by Gasteiger charge is -2.24. The number of ether oxygens (including phenoxy) is 1. The summed E-state index contributed by atoms with van der Waals surface area (Å²) in [6, 6.07) is 0. The second-order valence-electron chi connectivity index (χ2n) is 4.94. The molecule has 1 unspecified atom stereocenters. The molecule has 2 saturated heterocycles. The average molecular weight is 385 g/mol. The smallest absolute Gasteiger partial charge is 0.193 e. The first kappa shape index (κ1) is 16.4. The fourth-order valence-corrected chi connectivity index (χ4v) is 2.99. The molecule has 0 aromatic carbocycles. The molecule has 0 amide bonds. The lowest BCUT2D eigenvalue weighted by atomic mass is 9.87. The predicted molar refractivity (Wildman–Crippen MR) is 89.2 cm³/mol. The molecule has 2 aliphatic heterocycles. The second-order valence-corrected chi connectivity index (χ2v) is 5.93. The molecule has 0 saturated carbocycles. The third kappa shape index (κ3) is 3.90. The van der Waals surface area contributed by atoms with Crippen LogP contribution in [0.25, 0.3) is 0 Å². The molecule has 0 radical (unpaired) electrons. The van der Waals surface area contributed by atoms with Crippen molar-refractivity contribution in [1.29, 1.82) is 0 Å². The predicted octanol–water partition coefficient (Wildman–Crippen LogP) is 1.66. The van der Waals surface area contributed by atoms with E-state index in [-0.39, 0.29) is 24.0 Å². The van der Waals surface area contributed by atoms with Crippen LogP contribution in [0, 0.1) is 5.41 Å². The van der Waals surface area contributed by atoms with E-state index in [9.17, 15) is 0 Å². The minimum atomic E-state index is 0. The van der Waals surface area contributed by atoms with Crippen LogP contribution in [0.3, 0.4) is 0 Å². The molecule has 2 fully saturated rings. The Hall–Kier alpha value is 0.310. The van der Waals surface area contributed by atoms with Crippen LogP contribution in [0.2, 0.25) is 0 Å². The van der Waals surface area contributed by atoms with E-state index in [1.165, 1.54) is 12.8 Å². The molecule has 0 aromatic rings. The van der Waals surface area contributed by atoms with Crippen LogP contribution in [0.4, 0.5) is 0 Å². The number of thioether (sulfide) groups is 1. The van der Waals surface area contributed by atoms with Crippen molar-refractivity contribution in [2.75, 3.05) is 51.9 Å². The molecule has 4 nitrogen and oxygen atoms in total. The van der Waals surface area contributed by atoms with Gasteiger partial charge < -0.3 is 15.0 Å². The van der Waals surface area contributed by atoms with Crippen LogP contribution in [-0.4, -0.2) is 62.8 Å². The molecule has 1 N–H and O–H groups in total. The number of guanidine groups is 1. The molecule has 2 heterocycles. The Bertz CT molecular complexity index is 282. The van der Waals surface area contributed by atoms with Crippen molar-refractivity contribution in [3.63, 3.8) is 0 Å². The number of likely N-dealkylation sites (tertiary alicyclic amines) is 1. The summed E-state index contributed by atoms with van der Waals surface area (Å²) in [4.78, 5) is 6.76. The third-order valence-electron chi connectivity index (χ3n) is 3.72. The van der Waals surface area contributed by atoms with Gasteiger partial charge in [0.2, 0.25) is 0 Å². The normalized spacial score (nSPS) is 27.7. The van der Waals surface area contributed by atoms with Crippen LogP contribution in [0.5, 0.6) is 0 Å². The Kier molecular flexibility index (Phi) is 7.08. The van der Waals surface area contributed by atoms with E-state index in [2.05, 4.69) is 21.5 Å².